The van der Waals surface area contributed by atoms with E-state index < -0.39 is 0 Å². The molecule has 7 nitrogen and oxygen atoms in total. The highest BCUT2D eigenvalue weighted by atomic mass is 19.1. The number of guanidine groups is 1. The molecular formula is C18H26FN7. The van der Waals surface area contributed by atoms with Gasteiger partial charge in [-0.1, -0.05) is 6.92 Å². The van der Waals surface area contributed by atoms with Crippen molar-refractivity contribution in [3.8, 4) is 0 Å². The molecule has 0 spiro atoms. The van der Waals surface area contributed by atoms with Gasteiger partial charge < -0.3 is 15.5 Å². The Hall–Kier alpha value is -2.64. The average Bonchev–Trinajstić information content (AvgIpc) is 3.31. The fraction of sp³-hybridized carbons (Fsp3) is 0.500. The van der Waals surface area contributed by atoms with Crippen LogP contribution in [0.2, 0.25) is 0 Å². The summed E-state index contributed by atoms with van der Waals surface area (Å²) < 4.78 is 15.8. The van der Waals surface area contributed by atoms with Gasteiger partial charge >= 0.3 is 0 Å². The summed E-state index contributed by atoms with van der Waals surface area (Å²) >= 11 is 0. The van der Waals surface area contributed by atoms with E-state index >= 15 is 0 Å². The minimum atomic E-state index is -0.275. The van der Waals surface area contributed by atoms with Crippen molar-refractivity contribution >= 4 is 11.8 Å². The van der Waals surface area contributed by atoms with Gasteiger partial charge in [-0.3, -0.25) is 9.67 Å². The van der Waals surface area contributed by atoms with Crippen molar-refractivity contribution in [3.05, 3.63) is 42.6 Å². The first-order valence-electron chi connectivity index (χ1n) is 8.95. The van der Waals surface area contributed by atoms with Crippen molar-refractivity contribution < 1.29 is 4.39 Å². The quantitative estimate of drug-likeness (QED) is 0.604. The normalized spacial score (nSPS) is 18.8. The zero-order valence-corrected chi connectivity index (χ0v) is 15.3. The van der Waals surface area contributed by atoms with Crippen molar-refractivity contribution in [2.24, 2.45) is 10.9 Å². The topological polar surface area (TPSA) is 70.4 Å². The number of hydrogen-bond donors (Lipinski definition) is 2. The fourth-order valence-corrected chi connectivity index (χ4v) is 3.13. The van der Waals surface area contributed by atoms with Crippen LogP contribution in [0.3, 0.4) is 0 Å². The Morgan fingerprint density at radius 2 is 2.31 bits per heavy atom. The van der Waals surface area contributed by atoms with E-state index in [1.54, 1.807) is 25.5 Å². The van der Waals surface area contributed by atoms with Crippen LogP contribution in [0.1, 0.15) is 13.3 Å². The summed E-state index contributed by atoms with van der Waals surface area (Å²) in [7, 11) is 1.76. The molecule has 8 heteroatoms. The predicted molar refractivity (Wildman–Crippen MR) is 101 cm³/mol. The molecule has 1 aliphatic heterocycles. The Kier molecular flexibility index (Phi) is 6.04. The summed E-state index contributed by atoms with van der Waals surface area (Å²) in [4.78, 5) is 10.4. The number of aliphatic imine (C=N–C) groups is 1. The van der Waals surface area contributed by atoms with Crippen LogP contribution in [-0.4, -0.2) is 53.4 Å². The van der Waals surface area contributed by atoms with Gasteiger partial charge in [0.25, 0.3) is 0 Å². The van der Waals surface area contributed by atoms with Gasteiger partial charge in [0, 0.05) is 57.9 Å². The van der Waals surface area contributed by atoms with Crippen LogP contribution in [0, 0.1) is 11.7 Å². The molecule has 0 bridgehead atoms. The van der Waals surface area contributed by atoms with E-state index in [-0.39, 0.29) is 11.9 Å². The van der Waals surface area contributed by atoms with Crippen molar-refractivity contribution in [2.45, 2.75) is 25.9 Å². The summed E-state index contributed by atoms with van der Waals surface area (Å²) in [6.07, 6.45) is 6.30. The molecule has 0 aliphatic carbocycles. The van der Waals surface area contributed by atoms with E-state index in [1.165, 1.54) is 6.07 Å². The molecule has 0 amide bonds. The van der Waals surface area contributed by atoms with Crippen LogP contribution in [-0.2, 0) is 6.54 Å². The van der Waals surface area contributed by atoms with E-state index in [4.69, 9.17) is 0 Å². The molecule has 1 fully saturated rings. The van der Waals surface area contributed by atoms with Crippen molar-refractivity contribution in [1.82, 2.24) is 25.4 Å². The standard InChI is InChI=1S/C18H26FN7/c1-14(12-26-9-4-8-23-26)11-22-18(20-2)24-15-6-10-25(13-15)17-16(19)5-3-7-21-17/h3-5,7-9,14-15H,6,10-13H2,1-2H3,(H2,20,22,24). The number of rotatable bonds is 6. The molecule has 0 aromatic carbocycles. The van der Waals surface area contributed by atoms with Gasteiger partial charge in [0.15, 0.2) is 17.6 Å². The summed E-state index contributed by atoms with van der Waals surface area (Å²) in [5.74, 6) is 1.33. The molecule has 2 aromatic heterocycles. The van der Waals surface area contributed by atoms with Crippen LogP contribution in [0.25, 0.3) is 0 Å². The van der Waals surface area contributed by atoms with Gasteiger partial charge in [-0.05, 0) is 30.5 Å². The number of anilines is 1. The van der Waals surface area contributed by atoms with E-state index in [0.29, 0.717) is 18.3 Å². The second-order valence-corrected chi connectivity index (χ2v) is 6.67. The van der Waals surface area contributed by atoms with E-state index in [9.17, 15) is 4.39 Å². The fourth-order valence-electron chi connectivity index (χ4n) is 3.13. The van der Waals surface area contributed by atoms with Crippen LogP contribution in [0.15, 0.2) is 41.8 Å². The van der Waals surface area contributed by atoms with Crippen molar-refractivity contribution in [1.29, 1.82) is 0 Å². The summed E-state index contributed by atoms with van der Waals surface area (Å²) in [6.45, 7) is 5.30. The van der Waals surface area contributed by atoms with Gasteiger partial charge in [-0.25, -0.2) is 9.37 Å². The minimum Gasteiger partial charge on any atom is -0.356 e. The lowest BCUT2D eigenvalue weighted by molar-refractivity contribution is 0.442. The molecule has 3 rings (SSSR count). The van der Waals surface area contributed by atoms with Gasteiger partial charge in [-0.2, -0.15) is 5.10 Å². The molecule has 1 saturated heterocycles. The molecule has 0 saturated carbocycles. The second-order valence-electron chi connectivity index (χ2n) is 6.67. The van der Waals surface area contributed by atoms with Crippen LogP contribution in [0.4, 0.5) is 10.2 Å². The van der Waals surface area contributed by atoms with E-state index in [1.807, 2.05) is 21.8 Å². The third-order valence-electron chi connectivity index (χ3n) is 4.47. The maximum Gasteiger partial charge on any atom is 0.191 e. The zero-order chi connectivity index (χ0) is 18.4. The van der Waals surface area contributed by atoms with Gasteiger partial charge in [0.2, 0.25) is 0 Å². The highest BCUT2D eigenvalue weighted by Gasteiger charge is 2.25. The van der Waals surface area contributed by atoms with Crippen LogP contribution >= 0.6 is 0 Å². The maximum atomic E-state index is 13.9. The van der Waals surface area contributed by atoms with Gasteiger partial charge in [-0.15, -0.1) is 0 Å². The molecule has 140 valence electrons. The lowest BCUT2D eigenvalue weighted by atomic mass is 10.2. The van der Waals surface area contributed by atoms with E-state index in [0.717, 1.165) is 32.0 Å². The summed E-state index contributed by atoms with van der Waals surface area (Å²) in [5.41, 5.74) is 0. The zero-order valence-electron chi connectivity index (χ0n) is 15.3. The molecule has 2 unspecified atom stereocenters. The molecule has 2 aromatic rings. The third kappa shape index (κ3) is 4.71. The number of nitrogens with one attached hydrogen (secondary N) is 2. The Labute approximate surface area is 153 Å². The molecule has 26 heavy (non-hydrogen) atoms. The molecule has 0 radical (unpaired) electrons. The van der Waals surface area contributed by atoms with Gasteiger partial charge in [0.1, 0.15) is 0 Å². The lowest BCUT2D eigenvalue weighted by Crippen LogP contribution is -2.46. The molecule has 2 atom stereocenters. The molecule has 3 heterocycles. The number of hydrogen-bond acceptors (Lipinski definition) is 4. The smallest absolute Gasteiger partial charge is 0.191 e. The number of halogens is 1. The predicted octanol–water partition coefficient (Wildman–Crippen LogP) is 1.50. The average molecular weight is 359 g/mol. The second kappa shape index (κ2) is 8.64. The number of aromatic nitrogens is 3. The lowest BCUT2D eigenvalue weighted by Gasteiger charge is -2.21. The monoisotopic (exact) mass is 359 g/mol. The Morgan fingerprint density at radius 3 is 3.04 bits per heavy atom. The van der Waals surface area contributed by atoms with Crippen LogP contribution in [0.5, 0.6) is 0 Å². The molecule has 1 aliphatic rings. The number of pyridine rings is 1. The SMILES string of the molecule is CN=C(NCC(C)Cn1cccn1)NC1CCN(c2ncccc2F)C1. The highest BCUT2D eigenvalue weighted by molar-refractivity contribution is 5.80. The van der Waals surface area contributed by atoms with E-state index in [2.05, 4.69) is 32.6 Å². The van der Waals surface area contributed by atoms with Crippen LogP contribution < -0.4 is 15.5 Å². The van der Waals surface area contributed by atoms with Crippen molar-refractivity contribution in [2.75, 3.05) is 31.6 Å². The first-order valence-corrected chi connectivity index (χ1v) is 8.95. The van der Waals surface area contributed by atoms with Crippen molar-refractivity contribution in [3.63, 3.8) is 0 Å². The third-order valence-corrected chi connectivity index (χ3v) is 4.47. The molecular weight excluding hydrogens is 333 g/mol. The summed E-state index contributed by atoms with van der Waals surface area (Å²) in [5, 5.41) is 11.0. The summed E-state index contributed by atoms with van der Waals surface area (Å²) in [6, 6.07) is 5.20. The van der Waals surface area contributed by atoms with Gasteiger partial charge in [0.05, 0.1) is 0 Å². The molecule has 2 N–H and O–H groups in total. The first kappa shape index (κ1) is 18.2. The number of nitrogens with zero attached hydrogens (tertiary/aromatic N) is 5. The highest BCUT2D eigenvalue weighted by Crippen LogP contribution is 2.20. The Morgan fingerprint density at radius 1 is 1.42 bits per heavy atom. The largest absolute Gasteiger partial charge is 0.356 e. The first-order chi connectivity index (χ1) is 12.7. The Balaban J connectivity index is 1.46. The minimum absolute atomic E-state index is 0.212. The Bertz CT molecular complexity index is 716. The maximum absolute atomic E-state index is 13.9.